The first kappa shape index (κ1) is 15.1. The molecule has 0 aliphatic carbocycles. The number of likely N-dealkylation sites (N-methyl/N-ethyl adjacent to an activating group) is 1. The Kier molecular flexibility index (Phi) is 3.39. The van der Waals surface area contributed by atoms with Crippen molar-refractivity contribution >= 4 is 17.8 Å². The standard InChI is InChI=1S/C15H17N3O5/c1-8(12(19)16-3)18-13(20)15(2,17-14(18)21)9-4-5-10-11(6-9)23-7-22-10/h4-6,8H,7H2,1-3H3,(H,16,19)(H,17,21)/t8-,15+/m1/s1. The first-order valence-corrected chi connectivity index (χ1v) is 7.16. The maximum Gasteiger partial charge on any atom is 0.326 e. The highest BCUT2D eigenvalue weighted by atomic mass is 16.7. The van der Waals surface area contributed by atoms with Crippen molar-refractivity contribution in [3.8, 4) is 11.5 Å². The van der Waals surface area contributed by atoms with E-state index in [4.69, 9.17) is 9.47 Å². The van der Waals surface area contributed by atoms with Crippen LogP contribution in [0.1, 0.15) is 19.4 Å². The van der Waals surface area contributed by atoms with Crippen molar-refractivity contribution in [3.05, 3.63) is 23.8 Å². The van der Waals surface area contributed by atoms with Crippen LogP contribution in [0, 0.1) is 0 Å². The van der Waals surface area contributed by atoms with Crippen molar-refractivity contribution in [2.75, 3.05) is 13.8 Å². The van der Waals surface area contributed by atoms with Gasteiger partial charge in [-0.05, 0) is 31.5 Å². The predicted molar refractivity (Wildman–Crippen MR) is 78.8 cm³/mol. The monoisotopic (exact) mass is 319 g/mol. The quantitative estimate of drug-likeness (QED) is 0.782. The first-order chi connectivity index (χ1) is 10.9. The van der Waals surface area contributed by atoms with E-state index >= 15 is 0 Å². The van der Waals surface area contributed by atoms with E-state index in [0.717, 1.165) is 4.90 Å². The van der Waals surface area contributed by atoms with Gasteiger partial charge in [-0.25, -0.2) is 9.69 Å². The van der Waals surface area contributed by atoms with Crippen LogP contribution in [0.15, 0.2) is 18.2 Å². The molecule has 0 saturated carbocycles. The Bertz CT molecular complexity index is 704. The maximum absolute atomic E-state index is 12.8. The molecule has 1 aromatic rings. The summed E-state index contributed by atoms with van der Waals surface area (Å²) in [7, 11) is 1.45. The number of nitrogens with one attached hydrogen (secondary N) is 2. The van der Waals surface area contributed by atoms with Crippen molar-refractivity contribution in [3.63, 3.8) is 0 Å². The van der Waals surface area contributed by atoms with Gasteiger partial charge in [-0.3, -0.25) is 9.59 Å². The first-order valence-electron chi connectivity index (χ1n) is 7.16. The van der Waals surface area contributed by atoms with E-state index in [1.54, 1.807) is 25.1 Å². The van der Waals surface area contributed by atoms with E-state index in [2.05, 4.69) is 10.6 Å². The van der Waals surface area contributed by atoms with E-state index < -0.39 is 29.4 Å². The molecule has 0 aromatic heterocycles. The van der Waals surface area contributed by atoms with Gasteiger partial charge >= 0.3 is 6.03 Å². The Morgan fingerprint density at radius 1 is 1.35 bits per heavy atom. The lowest BCUT2D eigenvalue weighted by Gasteiger charge is -2.24. The lowest BCUT2D eigenvalue weighted by molar-refractivity contribution is -0.137. The minimum atomic E-state index is -1.26. The average molecular weight is 319 g/mol. The number of urea groups is 1. The van der Waals surface area contributed by atoms with Gasteiger partial charge in [-0.2, -0.15) is 0 Å². The molecule has 2 N–H and O–H groups in total. The molecule has 0 unspecified atom stereocenters. The number of fused-ring (bicyclic) bond motifs is 1. The van der Waals surface area contributed by atoms with Crippen molar-refractivity contribution in [1.29, 1.82) is 0 Å². The molecule has 0 radical (unpaired) electrons. The molecule has 3 rings (SSSR count). The number of amides is 4. The van der Waals surface area contributed by atoms with Crippen molar-refractivity contribution in [2.45, 2.75) is 25.4 Å². The van der Waals surface area contributed by atoms with Gasteiger partial charge in [0, 0.05) is 7.05 Å². The number of nitrogens with zero attached hydrogens (tertiary/aromatic N) is 1. The lowest BCUT2D eigenvalue weighted by atomic mass is 9.91. The molecule has 4 amide bonds. The number of imide groups is 1. The molecule has 2 aliphatic rings. The highest BCUT2D eigenvalue weighted by Crippen LogP contribution is 2.38. The molecular formula is C15H17N3O5. The van der Waals surface area contributed by atoms with Gasteiger partial charge in [0.25, 0.3) is 5.91 Å². The Morgan fingerprint density at radius 3 is 2.74 bits per heavy atom. The van der Waals surface area contributed by atoms with E-state index in [-0.39, 0.29) is 6.79 Å². The van der Waals surface area contributed by atoms with Crippen molar-refractivity contribution in [1.82, 2.24) is 15.5 Å². The summed E-state index contributed by atoms with van der Waals surface area (Å²) in [4.78, 5) is 37.7. The van der Waals surface area contributed by atoms with Gasteiger partial charge in [0.15, 0.2) is 11.5 Å². The minimum Gasteiger partial charge on any atom is -0.454 e. The Morgan fingerprint density at radius 2 is 2.04 bits per heavy atom. The van der Waals surface area contributed by atoms with Crippen LogP contribution in [-0.2, 0) is 15.1 Å². The van der Waals surface area contributed by atoms with Crippen LogP contribution in [0.2, 0.25) is 0 Å². The molecule has 23 heavy (non-hydrogen) atoms. The van der Waals surface area contributed by atoms with Crippen LogP contribution >= 0.6 is 0 Å². The van der Waals surface area contributed by atoms with E-state index in [1.165, 1.54) is 14.0 Å². The van der Waals surface area contributed by atoms with Crippen LogP contribution in [0.25, 0.3) is 0 Å². The van der Waals surface area contributed by atoms with Crippen LogP contribution in [0.4, 0.5) is 4.79 Å². The number of carbonyl (C=O) groups is 3. The molecule has 1 saturated heterocycles. The third-order valence-electron chi connectivity index (χ3n) is 4.19. The summed E-state index contributed by atoms with van der Waals surface area (Å²) in [5.74, 6) is 0.203. The molecule has 2 atom stereocenters. The highest BCUT2D eigenvalue weighted by molar-refractivity contribution is 6.09. The van der Waals surface area contributed by atoms with Gasteiger partial charge in [0.1, 0.15) is 11.6 Å². The van der Waals surface area contributed by atoms with Gasteiger partial charge in [0.2, 0.25) is 12.7 Å². The van der Waals surface area contributed by atoms with Crippen LogP contribution in [0.3, 0.4) is 0 Å². The number of hydrogen-bond donors (Lipinski definition) is 2. The number of carbonyl (C=O) groups excluding carboxylic acids is 3. The van der Waals surface area contributed by atoms with E-state index in [1.807, 2.05) is 0 Å². The molecule has 8 heteroatoms. The summed E-state index contributed by atoms with van der Waals surface area (Å²) < 4.78 is 10.6. The zero-order valence-electron chi connectivity index (χ0n) is 13.0. The fourth-order valence-corrected chi connectivity index (χ4v) is 2.74. The summed E-state index contributed by atoms with van der Waals surface area (Å²) in [6.07, 6.45) is 0. The van der Waals surface area contributed by atoms with Crippen molar-refractivity contribution < 1.29 is 23.9 Å². The molecule has 122 valence electrons. The zero-order valence-corrected chi connectivity index (χ0v) is 13.0. The second-order valence-electron chi connectivity index (χ2n) is 5.59. The third kappa shape index (κ3) is 2.18. The van der Waals surface area contributed by atoms with Gasteiger partial charge < -0.3 is 20.1 Å². The normalized spacial score (nSPS) is 23.7. The third-order valence-corrected chi connectivity index (χ3v) is 4.19. The topological polar surface area (TPSA) is 97.0 Å². The van der Waals surface area contributed by atoms with Gasteiger partial charge in [-0.15, -0.1) is 0 Å². The smallest absolute Gasteiger partial charge is 0.326 e. The van der Waals surface area contributed by atoms with Crippen LogP contribution in [0.5, 0.6) is 11.5 Å². The van der Waals surface area contributed by atoms with Crippen molar-refractivity contribution in [2.24, 2.45) is 0 Å². The number of ether oxygens (including phenoxy) is 2. The maximum atomic E-state index is 12.8. The molecule has 2 heterocycles. The number of rotatable bonds is 3. The molecule has 2 aliphatic heterocycles. The minimum absolute atomic E-state index is 0.121. The lowest BCUT2D eigenvalue weighted by Crippen LogP contribution is -2.48. The average Bonchev–Trinajstić information content (AvgIpc) is 3.09. The number of benzene rings is 1. The second kappa shape index (κ2) is 5.15. The molecule has 0 bridgehead atoms. The Balaban J connectivity index is 1.95. The summed E-state index contributed by atoms with van der Waals surface area (Å²) in [5.41, 5.74) is -0.702. The summed E-state index contributed by atoms with van der Waals surface area (Å²) in [5, 5.41) is 5.09. The highest BCUT2D eigenvalue weighted by Gasteiger charge is 2.52. The molecule has 0 spiro atoms. The zero-order chi connectivity index (χ0) is 16.8. The Labute approximate surface area is 132 Å². The fourth-order valence-electron chi connectivity index (χ4n) is 2.74. The second-order valence-corrected chi connectivity index (χ2v) is 5.59. The number of hydrogen-bond acceptors (Lipinski definition) is 5. The summed E-state index contributed by atoms with van der Waals surface area (Å²) in [6, 6.07) is 3.54. The molecule has 8 nitrogen and oxygen atoms in total. The fraction of sp³-hybridized carbons (Fsp3) is 0.400. The SMILES string of the molecule is CNC(=O)[C@@H](C)N1C(=O)N[C@@](C)(c2ccc3c(c2)OCO3)C1=O. The van der Waals surface area contributed by atoms with E-state index in [9.17, 15) is 14.4 Å². The largest absolute Gasteiger partial charge is 0.454 e. The van der Waals surface area contributed by atoms with Gasteiger partial charge in [-0.1, -0.05) is 6.07 Å². The molecular weight excluding hydrogens is 302 g/mol. The summed E-state index contributed by atoms with van der Waals surface area (Å²) >= 11 is 0. The Hall–Kier alpha value is -2.77. The van der Waals surface area contributed by atoms with Crippen LogP contribution in [-0.4, -0.2) is 42.6 Å². The van der Waals surface area contributed by atoms with Gasteiger partial charge in [0.05, 0.1) is 0 Å². The molecule has 1 aromatic carbocycles. The van der Waals surface area contributed by atoms with Crippen LogP contribution < -0.4 is 20.1 Å². The van der Waals surface area contributed by atoms with E-state index in [0.29, 0.717) is 17.1 Å². The molecule has 1 fully saturated rings. The predicted octanol–water partition coefficient (Wildman–Crippen LogP) is 0.317. The summed E-state index contributed by atoms with van der Waals surface area (Å²) in [6.45, 7) is 3.22.